The molecule has 4 rings (SSSR count). The molecule has 0 atom stereocenters. The zero-order chi connectivity index (χ0) is 20.8. The van der Waals surface area contributed by atoms with Crippen LogP contribution in [-0.4, -0.2) is 25.9 Å². The van der Waals surface area contributed by atoms with Crippen molar-refractivity contribution in [3.8, 4) is 0 Å². The fourth-order valence-electron chi connectivity index (χ4n) is 2.89. The molecule has 0 spiro atoms. The van der Waals surface area contributed by atoms with Crippen molar-refractivity contribution >= 4 is 33.3 Å². The number of rotatable bonds is 7. The number of nitrogens with one attached hydrogen (secondary N) is 2. The second-order valence-electron chi connectivity index (χ2n) is 6.61. The van der Waals surface area contributed by atoms with Crippen LogP contribution in [0.25, 0.3) is 0 Å². The van der Waals surface area contributed by atoms with Gasteiger partial charge < -0.3 is 10.6 Å². The fraction of sp³-hybridized carbons (Fsp3) is 0.0909. The number of aromatic nitrogens is 4. The Morgan fingerprint density at radius 3 is 2.60 bits per heavy atom. The van der Waals surface area contributed by atoms with Gasteiger partial charge in [-0.05, 0) is 42.0 Å². The molecule has 0 radical (unpaired) electrons. The zero-order valence-corrected chi connectivity index (χ0v) is 17.6. The van der Waals surface area contributed by atoms with Crippen molar-refractivity contribution in [2.45, 2.75) is 13.1 Å². The average Bonchev–Trinajstić information content (AvgIpc) is 3.22. The average molecular weight is 463 g/mol. The SMILES string of the molecule is O=C(NCc1cn(Cc2ccc(Br)cc2)nn1)c1cccnc1Nc1ccccc1. The van der Waals surface area contributed by atoms with E-state index in [0.717, 1.165) is 15.7 Å². The van der Waals surface area contributed by atoms with Gasteiger partial charge in [0.05, 0.1) is 24.8 Å². The van der Waals surface area contributed by atoms with Gasteiger partial charge in [-0.15, -0.1) is 5.10 Å². The molecule has 0 saturated heterocycles. The van der Waals surface area contributed by atoms with Gasteiger partial charge in [0.2, 0.25) is 0 Å². The van der Waals surface area contributed by atoms with Gasteiger partial charge in [-0.1, -0.05) is 51.5 Å². The monoisotopic (exact) mass is 462 g/mol. The molecule has 150 valence electrons. The summed E-state index contributed by atoms with van der Waals surface area (Å²) >= 11 is 3.43. The maximum absolute atomic E-state index is 12.7. The minimum absolute atomic E-state index is 0.232. The highest BCUT2D eigenvalue weighted by Crippen LogP contribution is 2.18. The molecule has 0 saturated carbocycles. The lowest BCUT2D eigenvalue weighted by Crippen LogP contribution is -2.24. The third-order valence-corrected chi connectivity index (χ3v) is 4.89. The van der Waals surface area contributed by atoms with Gasteiger partial charge in [-0.25, -0.2) is 9.67 Å². The van der Waals surface area contributed by atoms with Crippen molar-refractivity contribution in [2.75, 3.05) is 5.32 Å². The van der Waals surface area contributed by atoms with Gasteiger partial charge in [-0.2, -0.15) is 0 Å². The van der Waals surface area contributed by atoms with Crippen LogP contribution in [0.5, 0.6) is 0 Å². The number of carbonyl (C=O) groups is 1. The van der Waals surface area contributed by atoms with Crippen LogP contribution in [-0.2, 0) is 13.1 Å². The summed E-state index contributed by atoms with van der Waals surface area (Å²) in [6.45, 7) is 0.890. The Balaban J connectivity index is 1.38. The molecule has 0 aliphatic heterocycles. The second-order valence-corrected chi connectivity index (χ2v) is 7.52. The van der Waals surface area contributed by atoms with Crippen molar-refractivity contribution in [1.29, 1.82) is 0 Å². The van der Waals surface area contributed by atoms with Gasteiger partial charge >= 0.3 is 0 Å². The molecule has 2 heterocycles. The van der Waals surface area contributed by atoms with Crippen LogP contribution in [0.2, 0.25) is 0 Å². The molecule has 2 aromatic heterocycles. The molecular weight excluding hydrogens is 444 g/mol. The van der Waals surface area contributed by atoms with E-state index in [9.17, 15) is 4.79 Å². The molecular formula is C22H19BrN6O. The molecule has 0 bridgehead atoms. The third kappa shape index (κ3) is 5.09. The van der Waals surface area contributed by atoms with Gasteiger partial charge in [0.15, 0.2) is 0 Å². The van der Waals surface area contributed by atoms with Crippen molar-refractivity contribution in [3.05, 3.63) is 100 Å². The summed E-state index contributed by atoms with van der Waals surface area (Å²) in [6, 6.07) is 21.1. The lowest BCUT2D eigenvalue weighted by Gasteiger charge is -2.10. The molecule has 30 heavy (non-hydrogen) atoms. The first-order chi connectivity index (χ1) is 14.7. The minimum Gasteiger partial charge on any atom is -0.346 e. The van der Waals surface area contributed by atoms with Crippen LogP contribution in [0, 0.1) is 0 Å². The summed E-state index contributed by atoms with van der Waals surface area (Å²) in [7, 11) is 0. The topological polar surface area (TPSA) is 84.7 Å². The summed E-state index contributed by atoms with van der Waals surface area (Å²) in [6.07, 6.45) is 3.48. The van der Waals surface area contributed by atoms with Gasteiger partial charge in [0, 0.05) is 16.4 Å². The van der Waals surface area contributed by atoms with E-state index in [4.69, 9.17) is 0 Å². The zero-order valence-electron chi connectivity index (χ0n) is 16.0. The molecule has 0 aliphatic rings. The van der Waals surface area contributed by atoms with Crippen LogP contribution in [0.15, 0.2) is 83.6 Å². The van der Waals surface area contributed by atoms with Crippen molar-refractivity contribution in [3.63, 3.8) is 0 Å². The van der Waals surface area contributed by atoms with E-state index in [1.807, 2.05) is 60.8 Å². The molecule has 0 aliphatic carbocycles. The first-order valence-corrected chi connectivity index (χ1v) is 10.2. The smallest absolute Gasteiger partial charge is 0.255 e. The summed E-state index contributed by atoms with van der Waals surface area (Å²) < 4.78 is 2.78. The maximum Gasteiger partial charge on any atom is 0.255 e. The molecule has 2 N–H and O–H groups in total. The number of nitrogens with zero attached hydrogens (tertiary/aromatic N) is 4. The predicted molar refractivity (Wildman–Crippen MR) is 118 cm³/mol. The number of para-hydroxylation sites is 1. The highest BCUT2D eigenvalue weighted by atomic mass is 79.9. The van der Waals surface area contributed by atoms with E-state index in [1.165, 1.54) is 0 Å². The van der Waals surface area contributed by atoms with Crippen molar-refractivity contribution in [1.82, 2.24) is 25.3 Å². The van der Waals surface area contributed by atoms with Crippen LogP contribution in [0.1, 0.15) is 21.6 Å². The summed E-state index contributed by atoms with van der Waals surface area (Å²) in [5.41, 5.74) is 3.12. The van der Waals surface area contributed by atoms with E-state index in [0.29, 0.717) is 23.6 Å². The maximum atomic E-state index is 12.7. The van der Waals surface area contributed by atoms with E-state index < -0.39 is 0 Å². The summed E-state index contributed by atoms with van der Waals surface area (Å²) in [5, 5.41) is 14.3. The second kappa shape index (κ2) is 9.32. The Kier molecular flexibility index (Phi) is 6.14. The Bertz CT molecular complexity index is 1130. The molecule has 0 fully saturated rings. The number of hydrogen-bond acceptors (Lipinski definition) is 5. The first kappa shape index (κ1) is 19.8. The number of hydrogen-bond donors (Lipinski definition) is 2. The van der Waals surface area contributed by atoms with Crippen LogP contribution in [0.3, 0.4) is 0 Å². The van der Waals surface area contributed by atoms with Crippen molar-refractivity contribution in [2.24, 2.45) is 0 Å². The number of carbonyl (C=O) groups excluding carboxylic acids is 1. The molecule has 4 aromatic rings. The molecule has 1 amide bonds. The highest BCUT2D eigenvalue weighted by Gasteiger charge is 2.13. The lowest BCUT2D eigenvalue weighted by molar-refractivity contribution is 0.0951. The third-order valence-electron chi connectivity index (χ3n) is 4.36. The van der Waals surface area contributed by atoms with E-state index in [1.54, 1.807) is 23.0 Å². The van der Waals surface area contributed by atoms with Gasteiger partial charge in [-0.3, -0.25) is 4.79 Å². The number of amides is 1. The normalized spacial score (nSPS) is 10.6. The number of pyridine rings is 1. The Morgan fingerprint density at radius 1 is 1.00 bits per heavy atom. The van der Waals surface area contributed by atoms with Crippen molar-refractivity contribution < 1.29 is 4.79 Å². The van der Waals surface area contributed by atoms with E-state index >= 15 is 0 Å². The van der Waals surface area contributed by atoms with Crippen LogP contribution >= 0.6 is 15.9 Å². The van der Waals surface area contributed by atoms with Gasteiger partial charge in [0.1, 0.15) is 11.5 Å². The minimum atomic E-state index is -0.232. The predicted octanol–water partition coefficient (Wildman–Crippen LogP) is 4.16. The Hall–Kier alpha value is -3.52. The first-order valence-electron chi connectivity index (χ1n) is 9.36. The quantitative estimate of drug-likeness (QED) is 0.430. The fourth-order valence-corrected chi connectivity index (χ4v) is 3.15. The molecule has 7 nitrogen and oxygen atoms in total. The number of benzene rings is 2. The summed E-state index contributed by atoms with van der Waals surface area (Å²) in [4.78, 5) is 17.0. The van der Waals surface area contributed by atoms with E-state index in [2.05, 4.69) is 41.9 Å². The molecule has 2 aromatic carbocycles. The van der Waals surface area contributed by atoms with Crippen LogP contribution in [0.4, 0.5) is 11.5 Å². The Labute approximate surface area is 182 Å². The van der Waals surface area contributed by atoms with Crippen LogP contribution < -0.4 is 10.6 Å². The highest BCUT2D eigenvalue weighted by molar-refractivity contribution is 9.10. The van der Waals surface area contributed by atoms with E-state index in [-0.39, 0.29) is 12.5 Å². The van der Waals surface area contributed by atoms with Gasteiger partial charge in [0.25, 0.3) is 5.91 Å². The molecule has 0 unspecified atom stereocenters. The summed E-state index contributed by atoms with van der Waals surface area (Å²) in [5.74, 6) is 0.268. The largest absolute Gasteiger partial charge is 0.346 e. The Morgan fingerprint density at radius 2 is 1.80 bits per heavy atom. The number of halogens is 1. The number of anilines is 2. The standard InChI is InChI=1S/C22H19BrN6O/c23-17-10-8-16(9-11-17)14-29-15-19(27-28-29)13-25-22(30)20-7-4-12-24-21(20)26-18-5-2-1-3-6-18/h1-12,15H,13-14H2,(H,24,26)(H,25,30). The lowest BCUT2D eigenvalue weighted by atomic mass is 10.2. The molecule has 8 heteroatoms.